The molecule has 4 aromatic rings. The molecule has 0 aliphatic rings. The molecule has 0 amide bonds. The summed E-state index contributed by atoms with van der Waals surface area (Å²) in [5, 5.41) is 2.67. The van der Waals surface area contributed by atoms with Crippen LogP contribution in [0.5, 0.6) is 0 Å². The van der Waals surface area contributed by atoms with Crippen LogP contribution in [-0.4, -0.2) is 9.55 Å². The van der Waals surface area contributed by atoms with Crippen LogP contribution in [0.2, 0.25) is 0 Å². The summed E-state index contributed by atoms with van der Waals surface area (Å²) in [5.41, 5.74) is 3.95. The van der Waals surface area contributed by atoms with Gasteiger partial charge in [-0.3, -0.25) is 4.98 Å². The Bertz CT molecular complexity index is 838. The first-order valence-electron chi connectivity index (χ1n) is 7.28. The minimum atomic E-state index is 0.984. The van der Waals surface area contributed by atoms with E-state index in [1.54, 1.807) is 0 Å². The highest BCUT2D eigenvalue weighted by Gasteiger charge is 2.09. The molecule has 0 radical (unpaired) electrons. The van der Waals surface area contributed by atoms with Gasteiger partial charge in [-0.1, -0.05) is 36.4 Å². The average molecular weight is 272 g/mol. The van der Waals surface area contributed by atoms with Crippen LogP contribution in [0.3, 0.4) is 0 Å². The van der Waals surface area contributed by atoms with E-state index in [-0.39, 0.29) is 0 Å². The third kappa shape index (κ3) is 2.09. The average Bonchev–Trinajstić information content (AvgIpc) is 2.88. The molecular weight excluding hydrogens is 256 g/mol. The van der Waals surface area contributed by atoms with Crippen LogP contribution in [0.25, 0.3) is 21.8 Å². The van der Waals surface area contributed by atoms with E-state index in [0.29, 0.717) is 0 Å². The number of para-hydroxylation sites is 2. The predicted octanol–water partition coefficient (Wildman–Crippen LogP) is 4.43. The number of hydrogen-bond acceptors (Lipinski definition) is 1. The fourth-order valence-corrected chi connectivity index (χ4v) is 3.03. The molecule has 0 fully saturated rings. The first kappa shape index (κ1) is 12.2. The highest BCUT2D eigenvalue weighted by molar-refractivity contribution is 6.07. The van der Waals surface area contributed by atoms with Crippen molar-refractivity contribution >= 4 is 21.8 Å². The van der Waals surface area contributed by atoms with Crippen molar-refractivity contribution in [1.29, 1.82) is 0 Å². The van der Waals surface area contributed by atoms with Crippen molar-refractivity contribution in [2.75, 3.05) is 0 Å². The summed E-state index contributed by atoms with van der Waals surface area (Å²) in [5.74, 6) is 0. The number of aryl methyl sites for hydroxylation is 2. The standard InChI is InChI=1S/C19H16N2/c1-3-7-18-16(5-1)17-6-2-4-8-19(17)21(18)14-11-15-9-12-20-13-10-15/h1-10,12-13H,11,14H2. The van der Waals surface area contributed by atoms with E-state index in [1.165, 1.54) is 27.4 Å². The quantitative estimate of drug-likeness (QED) is 0.539. The Morgan fingerprint density at radius 1 is 0.714 bits per heavy atom. The molecule has 0 saturated heterocycles. The minimum absolute atomic E-state index is 0.984. The predicted molar refractivity (Wildman–Crippen MR) is 87.4 cm³/mol. The van der Waals surface area contributed by atoms with Gasteiger partial charge in [-0.15, -0.1) is 0 Å². The number of aromatic nitrogens is 2. The van der Waals surface area contributed by atoms with Gasteiger partial charge < -0.3 is 4.57 Å². The number of rotatable bonds is 3. The van der Waals surface area contributed by atoms with Gasteiger partial charge in [-0.2, -0.15) is 0 Å². The Kier molecular flexibility index (Phi) is 2.93. The van der Waals surface area contributed by atoms with Gasteiger partial charge >= 0.3 is 0 Å². The van der Waals surface area contributed by atoms with E-state index in [0.717, 1.165) is 13.0 Å². The molecule has 2 heterocycles. The summed E-state index contributed by atoms with van der Waals surface area (Å²) < 4.78 is 2.42. The van der Waals surface area contributed by atoms with E-state index in [4.69, 9.17) is 0 Å². The number of benzene rings is 2. The molecule has 0 atom stereocenters. The van der Waals surface area contributed by atoms with E-state index >= 15 is 0 Å². The lowest BCUT2D eigenvalue weighted by Gasteiger charge is -2.07. The van der Waals surface area contributed by atoms with Gasteiger partial charge in [-0.25, -0.2) is 0 Å². The molecular formula is C19H16N2. The minimum Gasteiger partial charge on any atom is -0.340 e. The lowest BCUT2D eigenvalue weighted by atomic mass is 10.2. The third-order valence-corrected chi connectivity index (χ3v) is 4.05. The summed E-state index contributed by atoms with van der Waals surface area (Å²) in [6.07, 6.45) is 4.74. The van der Waals surface area contributed by atoms with Crippen molar-refractivity contribution in [3.05, 3.63) is 78.6 Å². The monoisotopic (exact) mass is 272 g/mol. The summed E-state index contributed by atoms with van der Waals surface area (Å²) in [6.45, 7) is 0.984. The van der Waals surface area contributed by atoms with Crippen LogP contribution in [0.15, 0.2) is 73.1 Å². The largest absolute Gasteiger partial charge is 0.340 e. The maximum Gasteiger partial charge on any atom is 0.0491 e. The fraction of sp³-hybridized carbons (Fsp3) is 0.105. The lowest BCUT2D eigenvalue weighted by Crippen LogP contribution is -2.01. The molecule has 0 unspecified atom stereocenters. The van der Waals surface area contributed by atoms with Crippen molar-refractivity contribution in [2.45, 2.75) is 13.0 Å². The molecule has 4 rings (SSSR count). The van der Waals surface area contributed by atoms with Gasteiger partial charge in [-0.05, 0) is 36.2 Å². The van der Waals surface area contributed by atoms with E-state index in [1.807, 2.05) is 12.4 Å². The molecule has 2 aromatic carbocycles. The fourth-order valence-electron chi connectivity index (χ4n) is 3.03. The van der Waals surface area contributed by atoms with Gasteiger partial charge in [0.2, 0.25) is 0 Å². The van der Waals surface area contributed by atoms with E-state index in [9.17, 15) is 0 Å². The molecule has 2 nitrogen and oxygen atoms in total. The summed E-state index contributed by atoms with van der Waals surface area (Å²) >= 11 is 0. The van der Waals surface area contributed by atoms with E-state index in [2.05, 4.69) is 70.2 Å². The first-order valence-corrected chi connectivity index (χ1v) is 7.28. The van der Waals surface area contributed by atoms with Crippen LogP contribution in [0.1, 0.15) is 5.56 Å². The first-order chi connectivity index (χ1) is 10.4. The number of hydrogen-bond donors (Lipinski definition) is 0. The summed E-state index contributed by atoms with van der Waals surface area (Å²) in [7, 11) is 0. The molecule has 0 aliphatic heterocycles. The van der Waals surface area contributed by atoms with Gasteiger partial charge in [0.1, 0.15) is 0 Å². The zero-order valence-electron chi connectivity index (χ0n) is 11.7. The van der Waals surface area contributed by atoms with E-state index < -0.39 is 0 Å². The van der Waals surface area contributed by atoms with Crippen molar-refractivity contribution in [3.63, 3.8) is 0 Å². The molecule has 0 spiro atoms. The van der Waals surface area contributed by atoms with Crippen LogP contribution in [-0.2, 0) is 13.0 Å². The number of pyridine rings is 1. The summed E-state index contributed by atoms with van der Waals surface area (Å²) in [4.78, 5) is 4.08. The normalized spacial score (nSPS) is 11.2. The van der Waals surface area contributed by atoms with Crippen molar-refractivity contribution in [1.82, 2.24) is 9.55 Å². The van der Waals surface area contributed by atoms with Crippen molar-refractivity contribution in [2.24, 2.45) is 0 Å². The smallest absolute Gasteiger partial charge is 0.0491 e. The Hall–Kier alpha value is -2.61. The molecule has 0 saturated carbocycles. The van der Waals surface area contributed by atoms with Crippen LogP contribution >= 0.6 is 0 Å². The zero-order valence-corrected chi connectivity index (χ0v) is 11.7. The second-order valence-electron chi connectivity index (χ2n) is 5.29. The van der Waals surface area contributed by atoms with Crippen LogP contribution in [0.4, 0.5) is 0 Å². The number of fused-ring (bicyclic) bond motifs is 3. The van der Waals surface area contributed by atoms with Gasteiger partial charge in [0.05, 0.1) is 0 Å². The second kappa shape index (κ2) is 5.06. The van der Waals surface area contributed by atoms with Crippen molar-refractivity contribution < 1.29 is 0 Å². The molecule has 0 N–H and O–H groups in total. The van der Waals surface area contributed by atoms with Gasteiger partial charge in [0.25, 0.3) is 0 Å². The topological polar surface area (TPSA) is 17.8 Å². The zero-order chi connectivity index (χ0) is 14.1. The second-order valence-corrected chi connectivity index (χ2v) is 5.29. The Morgan fingerprint density at radius 3 is 1.90 bits per heavy atom. The van der Waals surface area contributed by atoms with Gasteiger partial charge in [0, 0.05) is 40.7 Å². The summed E-state index contributed by atoms with van der Waals surface area (Å²) in [6, 6.07) is 21.5. The maximum absolute atomic E-state index is 4.08. The SMILES string of the molecule is c1ccc2c(c1)c1ccccc1n2CCc1ccncc1. The Balaban J connectivity index is 1.82. The third-order valence-electron chi connectivity index (χ3n) is 4.05. The molecule has 0 bridgehead atoms. The van der Waals surface area contributed by atoms with Crippen LogP contribution in [0, 0.1) is 0 Å². The van der Waals surface area contributed by atoms with Gasteiger partial charge in [0.15, 0.2) is 0 Å². The molecule has 2 aromatic heterocycles. The lowest BCUT2D eigenvalue weighted by molar-refractivity contribution is 0.744. The molecule has 21 heavy (non-hydrogen) atoms. The number of nitrogens with zero attached hydrogens (tertiary/aromatic N) is 2. The Labute approximate surface area is 123 Å². The molecule has 0 aliphatic carbocycles. The molecule has 2 heteroatoms. The highest BCUT2D eigenvalue weighted by atomic mass is 15.0. The van der Waals surface area contributed by atoms with Crippen LogP contribution < -0.4 is 0 Å². The Morgan fingerprint density at radius 2 is 1.29 bits per heavy atom. The maximum atomic E-state index is 4.08. The highest BCUT2D eigenvalue weighted by Crippen LogP contribution is 2.28. The molecule has 102 valence electrons. The van der Waals surface area contributed by atoms with Crippen molar-refractivity contribution in [3.8, 4) is 0 Å².